The fourth-order valence-electron chi connectivity index (χ4n) is 2.06. The number of likely N-dealkylation sites (N-methyl/N-ethyl adjacent to an activating group) is 1. The normalized spacial score (nSPS) is 25.4. The number of carbonyl (C=O) groups excluding carboxylic acids is 1. The van der Waals surface area contributed by atoms with Gasteiger partial charge in [-0.05, 0) is 33.1 Å². The van der Waals surface area contributed by atoms with Crippen LogP contribution >= 0.6 is 11.8 Å². The van der Waals surface area contributed by atoms with E-state index in [0.29, 0.717) is 11.8 Å². The molecular formula is C11H21NOS. The van der Waals surface area contributed by atoms with Crippen molar-refractivity contribution in [3.63, 3.8) is 0 Å². The van der Waals surface area contributed by atoms with Gasteiger partial charge in [-0.15, -0.1) is 0 Å². The van der Waals surface area contributed by atoms with Crippen LogP contribution in [0.4, 0.5) is 0 Å². The highest BCUT2D eigenvalue weighted by atomic mass is 32.2. The Morgan fingerprint density at radius 1 is 1.57 bits per heavy atom. The van der Waals surface area contributed by atoms with Crippen molar-refractivity contribution in [2.24, 2.45) is 0 Å². The van der Waals surface area contributed by atoms with E-state index in [2.05, 4.69) is 25.1 Å². The van der Waals surface area contributed by atoms with E-state index in [9.17, 15) is 4.79 Å². The number of ketones is 1. The minimum Gasteiger partial charge on any atom is -0.298 e. The molecule has 1 saturated carbocycles. The standard InChI is InChI=1S/C11H21NOS/c1-9(8-14-3)12(2)10-6-4-5-7-11(10)13/h9-10H,4-8H2,1-3H3. The predicted molar refractivity (Wildman–Crippen MR) is 62.9 cm³/mol. The first kappa shape index (κ1) is 12.1. The molecule has 0 radical (unpaired) electrons. The molecule has 0 spiro atoms. The minimum atomic E-state index is 0.200. The number of rotatable bonds is 4. The molecule has 0 amide bonds. The molecular weight excluding hydrogens is 194 g/mol. The largest absolute Gasteiger partial charge is 0.298 e. The monoisotopic (exact) mass is 215 g/mol. The second-order valence-corrected chi connectivity index (χ2v) is 5.11. The lowest BCUT2D eigenvalue weighted by Crippen LogP contribution is -2.45. The van der Waals surface area contributed by atoms with Gasteiger partial charge in [0.05, 0.1) is 6.04 Å². The first-order valence-corrected chi connectivity index (χ1v) is 6.79. The maximum absolute atomic E-state index is 11.7. The Morgan fingerprint density at radius 2 is 2.29 bits per heavy atom. The molecule has 0 bridgehead atoms. The zero-order chi connectivity index (χ0) is 10.6. The molecule has 0 aliphatic heterocycles. The molecule has 0 N–H and O–H groups in total. The lowest BCUT2D eigenvalue weighted by molar-refractivity contribution is -0.126. The molecule has 0 saturated heterocycles. The fourth-order valence-corrected chi connectivity index (χ4v) is 2.78. The van der Waals surface area contributed by atoms with E-state index in [1.807, 2.05) is 11.8 Å². The van der Waals surface area contributed by atoms with E-state index in [0.717, 1.165) is 25.0 Å². The van der Waals surface area contributed by atoms with E-state index < -0.39 is 0 Å². The smallest absolute Gasteiger partial charge is 0.149 e. The Morgan fingerprint density at radius 3 is 2.86 bits per heavy atom. The molecule has 2 nitrogen and oxygen atoms in total. The van der Waals surface area contributed by atoms with Gasteiger partial charge in [0, 0.05) is 18.2 Å². The van der Waals surface area contributed by atoms with Crippen LogP contribution < -0.4 is 0 Å². The molecule has 1 aliphatic rings. The topological polar surface area (TPSA) is 20.3 Å². The van der Waals surface area contributed by atoms with Crippen LogP contribution in [0, 0.1) is 0 Å². The van der Waals surface area contributed by atoms with E-state index in [1.165, 1.54) is 6.42 Å². The molecule has 2 unspecified atom stereocenters. The van der Waals surface area contributed by atoms with E-state index in [4.69, 9.17) is 0 Å². The summed E-state index contributed by atoms with van der Waals surface area (Å²) >= 11 is 1.85. The van der Waals surface area contributed by atoms with Gasteiger partial charge in [-0.2, -0.15) is 11.8 Å². The van der Waals surface area contributed by atoms with Gasteiger partial charge in [0.2, 0.25) is 0 Å². The summed E-state index contributed by atoms with van der Waals surface area (Å²) in [5.74, 6) is 1.56. The van der Waals surface area contributed by atoms with Gasteiger partial charge in [0.1, 0.15) is 5.78 Å². The summed E-state index contributed by atoms with van der Waals surface area (Å²) in [6.07, 6.45) is 6.29. The average Bonchev–Trinajstić information content (AvgIpc) is 2.18. The van der Waals surface area contributed by atoms with Crippen LogP contribution in [0.1, 0.15) is 32.6 Å². The van der Waals surface area contributed by atoms with Crippen molar-refractivity contribution in [3.8, 4) is 0 Å². The van der Waals surface area contributed by atoms with Crippen molar-refractivity contribution in [2.45, 2.75) is 44.7 Å². The van der Waals surface area contributed by atoms with Gasteiger partial charge in [-0.3, -0.25) is 9.69 Å². The second kappa shape index (κ2) is 5.76. The highest BCUT2D eigenvalue weighted by Gasteiger charge is 2.28. The molecule has 2 atom stereocenters. The van der Waals surface area contributed by atoms with E-state index in [-0.39, 0.29) is 6.04 Å². The second-order valence-electron chi connectivity index (χ2n) is 4.20. The highest BCUT2D eigenvalue weighted by Crippen LogP contribution is 2.21. The summed E-state index contributed by atoms with van der Waals surface area (Å²) in [4.78, 5) is 14.0. The Hall–Kier alpha value is -0.0200. The number of hydrogen-bond acceptors (Lipinski definition) is 3. The lowest BCUT2D eigenvalue weighted by atomic mass is 9.92. The zero-order valence-electron chi connectivity index (χ0n) is 9.45. The fraction of sp³-hybridized carbons (Fsp3) is 0.909. The van der Waals surface area contributed by atoms with Gasteiger partial charge in [0.15, 0.2) is 0 Å². The predicted octanol–water partition coefficient (Wildman–Crippen LogP) is 2.18. The number of carbonyl (C=O) groups is 1. The highest BCUT2D eigenvalue weighted by molar-refractivity contribution is 7.98. The molecule has 0 heterocycles. The van der Waals surface area contributed by atoms with Crippen LogP contribution in [0.3, 0.4) is 0 Å². The number of Topliss-reactive ketones (excluding diaryl/α,β-unsaturated/α-hetero) is 1. The molecule has 0 aromatic rings. The van der Waals surface area contributed by atoms with Gasteiger partial charge >= 0.3 is 0 Å². The Kier molecular flexibility index (Phi) is 4.96. The molecule has 1 aliphatic carbocycles. The van der Waals surface area contributed by atoms with Crippen LogP contribution in [-0.4, -0.2) is 41.8 Å². The van der Waals surface area contributed by atoms with Crippen molar-refractivity contribution in [1.82, 2.24) is 4.90 Å². The summed E-state index contributed by atoms with van der Waals surface area (Å²) in [5, 5.41) is 0. The van der Waals surface area contributed by atoms with Crippen LogP contribution in [0.25, 0.3) is 0 Å². The van der Waals surface area contributed by atoms with Gasteiger partial charge in [-0.25, -0.2) is 0 Å². The molecule has 1 rings (SSSR count). The molecule has 14 heavy (non-hydrogen) atoms. The van der Waals surface area contributed by atoms with Gasteiger partial charge < -0.3 is 0 Å². The van der Waals surface area contributed by atoms with Crippen molar-refractivity contribution < 1.29 is 4.79 Å². The summed E-state index contributed by atoms with van der Waals surface area (Å²) in [6.45, 7) is 2.21. The Bertz CT molecular complexity index is 196. The third-order valence-electron chi connectivity index (χ3n) is 3.12. The molecule has 1 fully saturated rings. The first-order chi connectivity index (χ1) is 6.66. The molecule has 82 valence electrons. The molecule has 0 aromatic carbocycles. The van der Waals surface area contributed by atoms with Crippen LogP contribution in [0.15, 0.2) is 0 Å². The number of hydrogen-bond donors (Lipinski definition) is 0. The summed E-state index contributed by atoms with van der Waals surface area (Å²) in [6, 6.07) is 0.711. The maximum Gasteiger partial charge on any atom is 0.149 e. The van der Waals surface area contributed by atoms with Crippen molar-refractivity contribution in [3.05, 3.63) is 0 Å². The van der Waals surface area contributed by atoms with Crippen LogP contribution in [0.5, 0.6) is 0 Å². The van der Waals surface area contributed by atoms with E-state index in [1.54, 1.807) is 0 Å². The Balaban J connectivity index is 2.48. The minimum absolute atomic E-state index is 0.200. The summed E-state index contributed by atoms with van der Waals surface area (Å²) in [5.41, 5.74) is 0. The van der Waals surface area contributed by atoms with Gasteiger partial charge in [-0.1, -0.05) is 6.42 Å². The first-order valence-electron chi connectivity index (χ1n) is 5.40. The SMILES string of the molecule is CSCC(C)N(C)C1CCCCC1=O. The summed E-state index contributed by atoms with van der Waals surface area (Å²) in [7, 11) is 2.09. The maximum atomic E-state index is 11.7. The quantitative estimate of drug-likeness (QED) is 0.717. The zero-order valence-corrected chi connectivity index (χ0v) is 10.3. The van der Waals surface area contributed by atoms with E-state index >= 15 is 0 Å². The summed E-state index contributed by atoms with van der Waals surface area (Å²) < 4.78 is 0. The lowest BCUT2D eigenvalue weighted by Gasteiger charge is -2.34. The molecule has 0 aromatic heterocycles. The third kappa shape index (κ3) is 2.99. The average molecular weight is 215 g/mol. The number of thioether (sulfide) groups is 1. The third-order valence-corrected chi connectivity index (χ3v) is 3.93. The van der Waals surface area contributed by atoms with Gasteiger partial charge in [0.25, 0.3) is 0 Å². The Labute approximate surface area is 91.4 Å². The van der Waals surface area contributed by atoms with Crippen LogP contribution in [0.2, 0.25) is 0 Å². The van der Waals surface area contributed by atoms with Crippen LogP contribution in [-0.2, 0) is 4.79 Å². The number of nitrogens with zero attached hydrogens (tertiary/aromatic N) is 1. The molecule has 3 heteroatoms. The van der Waals surface area contributed by atoms with Crippen molar-refractivity contribution >= 4 is 17.5 Å². The van der Waals surface area contributed by atoms with Crippen molar-refractivity contribution in [2.75, 3.05) is 19.1 Å². The van der Waals surface area contributed by atoms with Crippen molar-refractivity contribution in [1.29, 1.82) is 0 Å².